The summed E-state index contributed by atoms with van der Waals surface area (Å²) in [5.74, 6) is -0.324. The zero-order chi connectivity index (χ0) is 11.1. The van der Waals surface area contributed by atoms with Crippen molar-refractivity contribution in [2.24, 2.45) is 0 Å². The van der Waals surface area contributed by atoms with Gasteiger partial charge in [0.25, 0.3) is 5.91 Å². The highest BCUT2D eigenvalue weighted by Gasteiger charge is 2.13. The van der Waals surface area contributed by atoms with Crippen LogP contribution < -0.4 is 5.32 Å². The zero-order valence-electron chi connectivity index (χ0n) is 8.94. The van der Waals surface area contributed by atoms with E-state index in [0.717, 1.165) is 18.5 Å². The number of para-hydroxylation sites is 1. The van der Waals surface area contributed by atoms with E-state index in [4.69, 9.17) is 0 Å². The number of unbranched alkanes of at least 4 members (excludes halogenated alkanes) is 1. The Morgan fingerprint density at radius 3 is 2.67 bits per heavy atom. The molecule has 3 heteroatoms. The Balaban J connectivity index is 2.42. The third-order valence-corrected chi connectivity index (χ3v) is 2.18. The molecule has 1 aromatic carbocycles. The van der Waals surface area contributed by atoms with E-state index in [1.54, 1.807) is 12.1 Å². The van der Waals surface area contributed by atoms with Gasteiger partial charge in [-0.3, -0.25) is 4.79 Å². The third-order valence-electron chi connectivity index (χ3n) is 2.18. The van der Waals surface area contributed by atoms with Gasteiger partial charge in [-0.05, 0) is 18.6 Å². The van der Waals surface area contributed by atoms with Crippen LogP contribution in [0.15, 0.2) is 30.3 Å². The van der Waals surface area contributed by atoms with Gasteiger partial charge in [0, 0.05) is 5.69 Å². The van der Waals surface area contributed by atoms with E-state index in [9.17, 15) is 9.90 Å². The lowest BCUT2D eigenvalue weighted by Crippen LogP contribution is -2.27. The molecule has 0 aliphatic heterocycles. The largest absolute Gasteiger partial charge is 0.383 e. The third kappa shape index (κ3) is 4.13. The summed E-state index contributed by atoms with van der Waals surface area (Å²) in [5, 5.41) is 12.2. The monoisotopic (exact) mass is 207 g/mol. The molecular weight excluding hydrogens is 190 g/mol. The van der Waals surface area contributed by atoms with Gasteiger partial charge < -0.3 is 10.4 Å². The lowest BCUT2D eigenvalue weighted by Gasteiger charge is -2.10. The minimum absolute atomic E-state index is 0.324. The van der Waals surface area contributed by atoms with Gasteiger partial charge in [0.05, 0.1) is 0 Å². The van der Waals surface area contributed by atoms with E-state index in [1.807, 2.05) is 25.1 Å². The van der Waals surface area contributed by atoms with E-state index in [1.165, 1.54) is 0 Å². The Kier molecular flexibility index (Phi) is 4.84. The highest BCUT2D eigenvalue weighted by molar-refractivity contribution is 5.93. The molecule has 0 aliphatic rings. The maximum Gasteiger partial charge on any atom is 0.253 e. The molecule has 0 heterocycles. The number of aliphatic hydroxyl groups is 1. The van der Waals surface area contributed by atoms with Gasteiger partial charge in [-0.25, -0.2) is 0 Å². The zero-order valence-corrected chi connectivity index (χ0v) is 8.94. The fraction of sp³-hybridized carbons (Fsp3) is 0.417. The summed E-state index contributed by atoms with van der Waals surface area (Å²) in [7, 11) is 0. The van der Waals surface area contributed by atoms with Gasteiger partial charge in [0.2, 0.25) is 0 Å². The number of aliphatic hydroxyl groups excluding tert-OH is 1. The maximum absolute atomic E-state index is 11.5. The molecule has 0 bridgehead atoms. The smallest absolute Gasteiger partial charge is 0.253 e. The summed E-state index contributed by atoms with van der Waals surface area (Å²) in [6.07, 6.45) is 1.47. The Labute approximate surface area is 90.1 Å². The van der Waals surface area contributed by atoms with Crippen molar-refractivity contribution in [3.8, 4) is 0 Å². The van der Waals surface area contributed by atoms with Gasteiger partial charge in [0.15, 0.2) is 0 Å². The summed E-state index contributed by atoms with van der Waals surface area (Å²) in [5.41, 5.74) is 0.720. The summed E-state index contributed by atoms with van der Waals surface area (Å²) < 4.78 is 0. The van der Waals surface area contributed by atoms with Crippen LogP contribution in [0.25, 0.3) is 0 Å². The highest BCUT2D eigenvalue weighted by atomic mass is 16.3. The van der Waals surface area contributed by atoms with Crippen LogP contribution in [0.5, 0.6) is 0 Å². The van der Waals surface area contributed by atoms with Crippen LogP contribution >= 0.6 is 0 Å². The number of amides is 1. The predicted octanol–water partition coefficient (Wildman–Crippen LogP) is 2.18. The van der Waals surface area contributed by atoms with Crippen LogP contribution in [0.3, 0.4) is 0 Å². The van der Waals surface area contributed by atoms with Gasteiger partial charge in [0.1, 0.15) is 6.10 Å². The summed E-state index contributed by atoms with van der Waals surface area (Å²) in [6.45, 7) is 2.03. The van der Waals surface area contributed by atoms with E-state index in [-0.39, 0.29) is 5.91 Å². The molecule has 1 aromatic rings. The van der Waals surface area contributed by atoms with Crippen LogP contribution in [0, 0.1) is 0 Å². The van der Waals surface area contributed by atoms with Crippen molar-refractivity contribution >= 4 is 11.6 Å². The number of rotatable bonds is 5. The lowest BCUT2D eigenvalue weighted by molar-refractivity contribution is -0.124. The fourth-order valence-corrected chi connectivity index (χ4v) is 1.28. The van der Waals surface area contributed by atoms with Crippen molar-refractivity contribution in [3.05, 3.63) is 30.3 Å². The number of hydrogen-bond donors (Lipinski definition) is 2. The number of nitrogens with one attached hydrogen (secondary N) is 1. The first-order chi connectivity index (χ1) is 7.24. The van der Waals surface area contributed by atoms with Crippen molar-refractivity contribution in [2.75, 3.05) is 5.32 Å². The first-order valence-electron chi connectivity index (χ1n) is 5.28. The standard InChI is InChI=1S/C12H17NO2/c1-2-3-9-11(14)12(15)13-10-7-5-4-6-8-10/h4-8,11,14H,2-3,9H2,1H3,(H,13,15). The lowest BCUT2D eigenvalue weighted by atomic mass is 10.1. The second-order valence-electron chi connectivity index (χ2n) is 3.51. The van der Waals surface area contributed by atoms with E-state index < -0.39 is 6.10 Å². The average molecular weight is 207 g/mol. The van der Waals surface area contributed by atoms with Crippen molar-refractivity contribution in [1.82, 2.24) is 0 Å². The van der Waals surface area contributed by atoms with Gasteiger partial charge in [-0.1, -0.05) is 38.0 Å². The molecule has 0 saturated carbocycles. The Morgan fingerprint density at radius 1 is 1.40 bits per heavy atom. The molecule has 82 valence electrons. The first kappa shape index (κ1) is 11.7. The molecule has 1 rings (SSSR count). The number of benzene rings is 1. The Bertz CT molecular complexity index is 298. The molecule has 0 aromatic heterocycles. The fourth-order valence-electron chi connectivity index (χ4n) is 1.28. The molecule has 1 atom stereocenters. The molecule has 0 fully saturated rings. The number of anilines is 1. The number of carbonyl (C=O) groups excluding carboxylic acids is 1. The van der Waals surface area contributed by atoms with Crippen molar-refractivity contribution < 1.29 is 9.90 Å². The van der Waals surface area contributed by atoms with Crippen LogP contribution in [0.4, 0.5) is 5.69 Å². The minimum atomic E-state index is -0.898. The Hall–Kier alpha value is -1.35. The molecule has 0 aliphatic carbocycles. The molecular formula is C12H17NO2. The average Bonchev–Trinajstić information content (AvgIpc) is 2.27. The topological polar surface area (TPSA) is 49.3 Å². The molecule has 1 amide bonds. The molecule has 15 heavy (non-hydrogen) atoms. The molecule has 3 nitrogen and oxygen atoms in total. The first-order valence-corrected chi connectivity index (χ1v) is 5.28. The van der Waals surface area contributed by atoms with E-state index >= 15 is 0 Å². The highest BCUT2D eigenvalue weighted by Crippen LogP contribution is 2.07. The predicted molar refractivity (Wildman–Crippen MR) is 60.6 cm³/mol. The van der Waals surface area contributed by atoms with Crippen molar-refractivity contribution in [1.29, 1.82) is 0 Å². The van der Waals surface area contributed by atoms with Gasteiger partial charge >= 0.3 is 0 Å². The van der Waals surface area contributed by atoms with Crippen LogP contribution in [-0.2, 0) is 4.79 Å². The molecule has 0 radical (unpaired) electrons. The summed E-state index contributed by atoms with van der Waals surface area (Å²) in [4.78, 5) is 11.5. The second-order valence-corrected chi connectivity index (χ2v) is 3.51. The number of carbonyl (C=O) groups is 1. The quantitative estimate of drug-likeness (QED) is 0.777. The SMILES string of the molecule is CCCCC(O)C(=O)Nc1ccccc1. The summed E-state index contributed by atoms with van der Waals surface area (Å²) >= 11 is 0. The van der Waals surface area contributed by atoms with E-state index in [0.29, 0.717) is 6.42 Å². The van der Waals surface area contributed by atoms with Gasteiger partial charge in [-0.15, -0.1) is 0 Å². The van der Waals surface area contributed by atoms with E-state index in [2.05, 4.69) is 5.32 Å². The van der Waals surface area contributed by atoms with Crippen LogP contribution in [-0.4, -0.2) is 17.1 Å². The van der Waals surface area contributed by atoms with Crippen LogP contribution in [0.1, 0.15) is 26.2 Å². The molecule has 2 N–H and O–H groups in total. The number of hydrogen-bond acceptors (Lipinski definition) is 2. The molecule has 1 unspecified atom stereocenters. The molecule has 0 saturated heterocycles. The Morgan fingerprint density at radius 2 is 2.07 bits per heavy atom. The van der Waals surface area contributed by atoms with Crippen molar-refractivity contribution in [3.63, 3.8) is 0 Å². The van der Waals surface area contributed by atoms with Gasteiger partial charge in [-0.2, -0.15) is 0 Å². The summed E-state index contributed by atoms with van der Waals surface area (Å²) in [6, 6.07) is 9.15. The molecule has 0 spiro atoms. The second kappa shape index (κ2) is 6.19. The van der Waals surface area contributed by atoms with Crippen LogP contribution in [0.2, 0.25) is 0 Å². The normalized spacial score (nSPS) is 12.1. The maximum atomic E-state index is 11.5. The minimum Gasteiger partial charge on any atom is -0.383 e. The van der Waals surface area contributed by atoms with Crippen molar-refractivity contribution in [2.45, 2.75) is 32.3 Å².